The summed E-state index contributed by atoms with van der Waals surface area (Å²) in [6, 6.07) is 16.5. The van der Waals surface area contributed by atoms with E-state index in [-0.39, 0.29) is 42.2 Å². The first-order valence-corrected chi connectivity index (χ1v) is 10.1. The second-order valence-electron chi connectivity index (χ2n) is 7.60. The lowest BCUT2D eigenvalue weighted by Crippen LogP contribution is -2.36. The number of hydrogen-bond donors (Lipinski definition) is 3. The summed E-state index contributed by atoms with van der Waals surface area (Å²) in [7, 11) is 0. The molecule has 1 aliphatic carbocycles. The van der Waals surface area contributed by atoms with E-state index < -0.39 is 0 Å². The molecule has 6 heteroatoms. The van der Waals surface area contributed by atoms with E-state index in [0.29, 0.717) is 11.3 Å². The Bertz CT molecular complexity index is 790. The number of anilines is 1. The van der Waals surface area contributed by atoms with Gasteiger partial charge in [-0.3, -0.25) is 9.59 Å². The lowest BCUT2D eigenvalue weighted by Gasteiger charge is -2.22. The summed E-state index contributed by atoms with van der Waals surface area (Å²) in [6.45, 7) is 1.82. The molecule has 5 nitrogen and oxygen atoms in total. The van der Waals surface area contributed by atoms with E-state index in [2.05, 4.69) is 10.6 Å². The highest BCUT2D eigenvalue weighted by Crippen LogP contribution is 2.21. The van der Waals surface area contributed by atoms with Crippen LogP contribution in [0.1, 0.15) is 61.0 Å². The van der Waals surface area contributed by atoms with Crippen LogP contribution < -0.4 is 16.4 Å². The van der Waals surface area contributed by atoms with E-state index in [9.17, 15) is 9.59 Å². The minimum Gasteiger partial charge on any atom is -0.349 e. The molecule has 0 saturated heterocycles. The largest absolute Gasteiger partial charge is 0.349 e. The van der Waals surface area contributed by atoms with Crippen molar-refractivity contribution in [2.24, 2.45) is 11.7 Å². The first kappa shape index (κ1) is 22.9. The molecule has 4 N–H and O–H groups in total. The van der Waals surface area contributed by atoms with E-state index in [1.165, 1.54) is 19.3 Å². The third-order valence-corrected chi connectivity index (χ3v) is 5.49. The topological polar surface area (TPSA) is 84.2 Å². The molecular formula is C23H30ClN3O2. The summed E-state index contributed by atoms with van der Waals surface area (Å²) in [5, 5.41) is 5.99. The monoisotopic (exact) mass is 415 g/mol. The van der Waals surface area contributed by atoms with Gasteiger partial charge in [-0.15, -0.1) is 12.4 Å². The smallest absolute Gasteiger partial charge is 0.251 e. The second kappa shape index (κ2) is 11.0. The van der Waals surface area contributed by atoms with E-state index in [1.54, 1.807) is 24.3 Å². The maximum Gasteiger partial charge on any atom is 0.251 e. The maximum absolute atomic E-state index is 12.5. The van der Waals surface area contributed by atoms with Crippen LogP contribution in [0.25, 0.3) is 0 Å². The lowest BCUT2D eigenvalue weighted by molar-refractivity contribution is -0.120. The molecule has 1 saturated carbocycles. The molecule has 2 unspecified atom stereocenters. The number of nitrogens with one attached hydrogen (secondary N) is 2. The summed E-state index contributed by atoms with van der Waals surface area (Å²) in [4.78, 5) is 24.9. The van der Waals surface area contributed by atoms with Crippen LogP contribution in [-0.2, 0) is 4.79 Å². The normalized spacial score (nSPS) is 16.2. The number of amides is 2. The quantitative estimate of drug-likeness (QED) is 0.651. The number of benzene rings is 2. The van der Waals surface area contributed by atoms with Crippen molar-refractivity contribution in [2.75, 3.05) is 5.32 Å². The van der Waals surface area contributed by atoms with Gasteiger partial charge in [0.15, 0.2) is 0 Å². The summed E-state index contributed by atoms with van der Waals surface area (Å²) >= 11 is 0. The van der Waals surface area contributed by atoms with Crippen LogP contribution in [-0.4, -0.2) is 17.9 Å². The first-order valence-electron chi connectivity index (χ1n) is 10.1. The number of nitrogens with two attached hydrogens (primary N) is 1. The highest BCUT2D eigenvalue weighted by molar-refractivity contribution is 5.96. The third kappa shape index (κ3) is 6.31. The predicted molar refractivity (Wildman–Crippen MR) is 119 cm³/mol. The van der Waals surface area contributed by atoms with Gasteiger partial charge >= 0.3 is 0 Å². The van der Waals surface area contributed by atoms with Gasteiger partial charge in [-0.25, -0.2) is 0 Å². The fraction of sp³-hybridized carbons (Fsp3) is 0.391. The fourth-order valence-corrected chi connectivity index (χ4v) is 3.60. The predicted octanol–water partition coefficient (Wildman–Crippen LogP) is 4.45. The van der Waals surface area contributed by atoms with Gasteiger partial charge in [0.2, 0.25) is 5.91 Å². The summed E-state index contributed by atoms with van der Waals surface area (Å²) < 4.78 is 0. The lowest BCUT2D eigenvalue weighted by atomic mass is 9.94. The minimum absolute atomic E-state index is 0. The molecule has 0 bridgehead atoms. The van der Waals surface area contributed by atoms with Crippen molar-refractivity contribution in [3.05, 3.63) is 65.7 Å². The molecule has 3 rings (SSSR count). The maximum atomic E-state index is 12.5. The molecule has 0 aliphatic heterocycles. The third-order valence-electron chi connectivity index (χ3n) is 5.49. The Labute approximate surface area is 178 Å². The molecule has 1 fully saturated rings. The molecule has 29 heavy (non-hydrogen) atoms. The van der Waals surface area contributed by atoms with Gasteiger partial charge in [0.05, 0.1) is 5.92 Å². The molecule has 2 aromatic carbocycles. The minimum atomic E-state index is -0.378. The van der Waals surface area contributed by atoms with E-state index in [1.807, 2.05) is 37.3 Å². The van der Waals surface area contributed by atoms with Crippen molar-refractivity contribution in [2.45, 2.75) is 51.1 Å². The molecule has 1 aliphatic rings. The van der Waals surface area contributed by atoms with Crippen molar-refractivity contribution >= 4 is 29.9 Å². The van der Waals surface area contributed by atoms with Crippen LogP contribution in [0.3, 0.4) is 0 Å². The molecule has 0 heterocycles. The van der Waals surface area contributed by atoms with Crippen LogP contribution in [0.5, 0.6) is 0 Å². The number of hydrogen-bond acceptors (Lipinski definition) is 3. The Morgan fingerprint density at radius 1 is 0.966 bits per heavy atom. The zero-order valence-corrected chi connectivity index (χ0v) is 17.6. The van der Waals surface area contributed by atoms with Gasteiger partial charge in [-0.2, -0.15) is 0 Å². The number of rotatable bonds is 6. The zero-order valence-electron chi connectivity index (χ0n) is 16.8. The summed E-state index contributed by atoms with van der Waals surface area (Å²) in [6.07, 6.45) is 5.73. The Balaban J connectivity index is 0.00000300. The van der Waals surface area contributed by atoms with E-state index in [4.69, 9.17) is 5.73 Å². The van der Waals surface area contributed by atoms with Crippen LogP contribution >= 0.6 is 12.4 Å². The van der Waals surface area contributed by atoms with Gasteiger partial charge in [-0.1, -0.05) is 56.5 Å². The van der Waals surface area contributed by atoms with Gasteiger partial charge in [-0.05, 0) is 42.7 Å². The van der Waals surface area contributed by atoms with Crippen LogP contribution in [0.15, 0.2) is 54.6 Å². The Morgan fingerprint density at radius 2 is 1.59 bits per heavy atom. The SMILES string of the molecule is CC(C(=O)Nc1ccc(C(=O)NC2CCCCC2)cc1)C(N)c1ccccc1.Cl. The Hall–Kier alpha value is -2.37. The fourth-order valence-electron chi connectivity index (χ4n) is 3.60. The summed E-state index contributed by atoms with van der Waals surface area (Å²) in [5.41, 5.74) is 8.43. The molecule has 0 spiro atoms. The van der Waals surface area contributed by atoms with Crippen molar-refractivity contribution in [1.82, 2.24) is 5.32 Å². The van der Waals surface area contributed by atoms with Gasteiger partial charge in [0, 0.05) is 23.3 Å². The van der Waals surface area contributed by atoms with Crippen LogP contribution in [0, 0.1) is 5.92 Å². The van der Waals surface area contributed by atoms with E-state index >= 15 is 0 Å². The number of halogens is 1. The Kier molecular flexibility index (Phi) is 8.68. The number of carbonyl (C=O) groups is 2. The molecule has 0 aromatic heterocycles. The molecule has 2 atom stereocenters. The molecule has 2 amide bonds. The van der Waals surface area contributed by atoms with Crippen molar-refractivity contribution in [3.8, 4) is 0 Å². The Morgan fingerprint density at radius 3 is 2.21 bits per heavy atom. The highest BCUT2D eigenvalue weighted by atomic mass is 35.5. The zero-order chi connectivity index (χ0) is 19.9. The molecule has 0 radical (unpaired) electrons. The molecular weight excluding hydrogens is 386 g/mol. The molecule has 2 aromatic rings. The standard InChI is InChI=1S/C23H29N3O2.ClH/c1-16(21(24)17-8-4-2-5-9-17)22(27)25-20-14-12-18(13-15-20)23(28)26-19-10-6-3-7-11-19;/h2,4-5,8-9,12-16,19,21H,3,6-7,10-11,24H2,1H3,(H,25,27)(H,26,28);1H. The van der Waals surface area contributed by atoms with Crippen molar-refractivity contribution in [1.29, 1.82) is 0 Å². The van der Waals surface area contributed by atoms with Crippen molar-refractivity contribution < 1.29 is 9.59 Å². The average Bonchev–Trinajstić information content (AvgIpc) is 2.74. The number of carbonyl (C=O) groups excluding carboxylic acids is 2. The van der Waals surface area contributed by atoms with Gasteiger partial charge < -0.3 is 16.4 Å². The van der Waals surface area contributed by atoms with Gasteiger partial charge in [0.25, 0.3) is 5.91 Å². The average molecular weight is 416 g/mol. The van der Waals surface area contributed by atoms with E-state index in [0.717, 1.165) is 18.4 Å². The highest BCUT2D eigenvalue weighted by Gasteiger charge is 2.22. The second-order valence-corrected chi connectivity index (χ2v) is 7.60. The van der Waals surface area contributed by atoms with Gasteiger partial charge in [0.1, 0.15) is 0 Å². The first-order chi connectivity index (χ1) is 13.5. The van der Waals surface area contributed by atoms with Crippen LogP contribution in [0.4, 0.5) is 5.69 Å². The van der Waals surface area contributed by atoms with Crippen LogP contribution in [0.2, 0.25) is 0 Å². The molecule has 156 valence electrons. The summed E-state index contributed by atoms with van der Waals surface area (Å²) in [5.74, 6) is -0.573. The van der Waals surface area contributed by atoms with Crippen molar-refractivity contribution in [3.63, 3.8) is 0 Å².